The molecule has 2 N–H and O–H groups in total. The number of aromatic amines is 1. The Morgan fingerprint density at radius 3 is 2.72 bits per heavy atom. The summed E-state index contributed by atoms with van der Waals surface area (Å²) in [7, 11) is 0. The Bertz CT molecular complexity index is 1040. The third-order valence-corrected chi connectivity index (χ3v) is 4.07. The fraction of sp³-hybridized carbons (Fsp3) is 0.167. The predicted octanol–water partition coefficient (Wildman–Crippen LogP) is 1.70. The van der Waals surface area contributed by atoms with Gasteiger partial charge in [0.15, 0.2) is 0 Å². The summed E-state index contributed by atoms with van der Waals surface area (Å²) < 4.78 is 1.26. The van der Waals surface area contributed by atoms with Crippen molar-refractivity contribution in [2.75, 3.05) is 6.54 Å². The first kappa shape index (κ1) is 17.0. The number of hydrogen-bond donors (Lipinski definition) is 2. The first-order chi connectivity index (χ1) is 12.0. The number of H-pyrrole nitrogens is 1. The van der Waals surface area contributed by atoms with Gasteiger partial charge in [0.25, 0.3) is 5.56 Å². The lowest BCUT2D eigenvalue weighted by atomic mass is 10.1. The molecule has 3 rings (SSSR count). The van der Waals surface area contributed by atoms with Crippen LogP contribution in [0.1, 0.15) is 5.56 Å². The van der Waals surface area contributed by atoms with E-state index in [4.69, 9.17) is 11.6 Å². The molecular formula is C18H16ClN3O3. The maximum atomic E-state index is 12.2. The molecule has 0 aliphatic carbocycles. The maximum Gasteiger partial charge on any atom is 0.329 e. The van der Waals surface area contributed by atoms with Gasteiger partial charge in [0.2, 0.25) is 5.91 Å². The normalized spacial score (nSPS) is 10.8. The van der Waals surface area contributed by atoms with Crippen LogP contribution in [0.2, 0.25) is 5.02 Å². The highest BCUT2D eigenvalue weighted by molar-refractivity contribution is 6.30. The molecule has 7 heteroatoms. The standard InChI is InChI=1S/C18H16ClN3O3/c19-13-5-3-4-12(10-13)8-9-20-16(23)11-22-15-7-2-1-6-14(15)17(24)21-18(22)25/h1-7,10H,8-9,11H2,(H,20,23)(H,21,24,25). The minimum atomic E-state index is -0.603. The highest BCUT2D eigenvalue weighted by Crippen LogP contribution is 2.10. The van der Waals surface area contributed by atoms with E-state index < -0.39 is 11.2 Å². The number of para-hydroxylation sites is 1. The quantitative estimate of drug-likeness (QED) is 0.729. The molecule has 25 heavy (non-hydrogen) atoms. The number of nitrogens with one attached hydrogen (secondary N) is 2. The van der Waals surface area contributed by atoms with Crippen LogP contribution in [-0.4, -0.2) is 22.0 Å². The topological polar surface area (TPSA) is 84.0 Å². The fourth-order valence-electron chi connectivity index (χ4n) is 2.64. The third kappa shape index (κ3) is 3.97. The van der Waals surface area contributed by atoms with Gasteiger partial charge in [0.1, 0.15) is 6.54 Å². The molecule has 0 saturated carbocycles. The van der Waals surface area contributed by atoms with Gasteiger partial charge >= 0.3 is 5.69 Å². The van der Waals surface area contributed by atoms with Crippen LogP contribution >= 0.6 is 11.6 Å². The smallest absolute Gasteiger partial charge is 0.329 e. The summed E-state index contributed by atoms with van der Waals surface area (Å²) in [5.74, 6) is -0.304. The average molecular weight is 358 g/mol. The molecule has 0 bridgehead atoms. The first-order valence-corrected chi connectivity index (χ1v) is 8.15. The summed E-state index contributed by atoms with van der Waals surface area (Å²) in [6.45, 7) is 0.265. The molecule has 0 atom stereocenters. The molecule has 0 radical (unpaired) electrons. The van der Waals surface area contributed by atoms with Gasteiger partial charge in [-0.05, 0) is 36.2 Å². The van der Waals surface area contributed by atoms with Crippen molar-refractivity contribution in [3.63, 3.8) is 0 Å². The van der Waals surface area contributed by atoms with Gasteiger partial charge in [-0.2, -0.15) is 0 Å². The average Bonchev–Trinajstić information content (AvgIpc) is 2.59. The van der Waals surface area contributed by atoms with Crippen molar-refractivity contribution in [3.05, 3.63) is 80.0 Å². The van der Waals surface area contributed by atoms with E-state index in [0.717, 1.165) is 5.56 Å². The van der Waals surface area contributed by atoms with Gasteiger partial charge in [-0.3, -0.25) is 19.1 Å². The molecule has 128 valence electrons. The summed E-state index contributed by atoms with van der Waals surface area (Å²) in [5, 5.41) is 3.79. The molecule has 2 aromatic carbocycles. The van der Waals surface area contributed by atoms with E-state index in [-0.39, 0.29) is 12.5 Å². The molecule has 1 heterocycles. The van der Waals surface area contributed by atoms with Gasteiger partial charge < -0.3 is 5.32 Å². The molecule has 1 amide bonds. The number of carbonyl (C=O) groups excluding carboxylic acids is 1. The number of halogens is 1. The van der Waals surface area contributed by atoms with Crippen LogP contribution in [0, 0.1) is 0 Å². The van der Waals surface area contributed by atoms with Crippen molar-refractivity contribution in [1.29, 1.82) is 0 Å². The molecule has 1 aromatic heterocycles. The Hall–Kier alpha value is -2.86. The number of carbonyl (C=O) groups is 1. The first-order valence-electron chi connectivity index (χ1n) is 7.77. The van der Waals surface area contributed by atoms with E-state index in [0.29, 0.717) is 28.9 Å². The number of amides is 1. The molecule has 0 aliphatic heterocycles. The lowest BCUT2D eigenvalue weighted by molar-refractivity contribution is -0.121. The van der Waals surface area contributed by atoms with Crippen LogP contribution in [0.25, 0.3) is 10.9 Å². The summed E-state index contributed by atoms with van der Waals surface area (Å²) in [6, 6.07) is 14.1. The van der Waals surface area contributed by atoms with Gasteiger partial charge in [0.05, 0.1) is 10.9 Å². The second-order valence-electron chi connectivity index (χ2n) is 5.59. The zero-order chi connectivity index (χ0) is 17.8. The second-order valence-corrected chi connectivity index (χ2v) is 6.03. The molecule has 0 saturated heterocycles. The number of benzene rings is 2. The molecule has 3 aromatic rings. The van der Waals surface area contributed by atoms with E-state index in [1.54, 1.807) is 30.3 Å². The van der Waals surface area contributed by atoms with Crippen molar-refractivity contribution in [1.82, 2.24) is 14.9 Å². The Morgan fingerprint density at radius 2 is 1.92 bits per heavy atom. The minimum Gasteiger partial charge on any atom is -0.354 e. The zero-order valence-electron chi connectivity index (χ0n) is 13.3. The van der Waals surface area contributed by atoms with Crippen molar-refractivity contribution < 1.29 is 4.79 Å². The van der Waals surface area contributed by atoms with Crippen molar-refractivity contribution >= 4 is 28.4 Å². The Labute approximate surface area is 148 Å². The zero-order valence-corrected chi connectivity index (χ0v) is 14.0. The largest absolute Gasteiger partial charge is 0.354 e. The summed E-state index contributed by atoms with van der Waals surface area (Å²) in [6.07, 6.45) is 0.633. The van der Waals surface area contributed by atoms with Crippen LogP contribution in [0.15, 0.2) is 58.1 Å². The van der Waals surface area contributed by atoms with Crippen LogP contribution < -0.4 is 16.6 Å². The van der Waals surface area contributed by atoms with E-state index >= 15 is 0 Å². The molecule has 0 spiro atoms. The summed E-state index contributed by atoms with van der Waals surface area (Å²) >= 11 is 5.92. The van der Waals surface area contributed by atoms with Crippen LogP contribution in [0.4, 0.5) is 0 Å². The lowest BCUT2D eigenvalue weighted by Crippen LogP contribution is -2.36. The van der Waals surface area contributed by atoms with Crippen LogP contribution in [0.3, 0.4) is 0 Å². The molecule has 6 nitrogen and oxygen atoms in total. The van der Waals surface area contributed by atoms with Gasteiger partial charge in [-0.25, -0.2) is 4.79 Å². The van der Waals surface area contributed by atoms with E-state index in [1.807, 2.05) is 18.2 Å². The number of aromatic nitrogens is 2. The number of hydrogen-bond acceptors (Lipinski definition) is 3. The number of fused-ring (bicyclic) bond motifs is 1. The van der Waals surface area contributed by atoms with E-state index in [9.17, 15) is 14.4 Å². The maximum absolute atomic E-state index is 12.2. The highest BCUT2D eigenvalue weighted by Gasteiger charge is 2.10. The Kier molecular flexibility index (Phi) is 5.00. The Morgan fingerprint density at radius 1 is 1.12 bits per heavy atom. The number of rotatable bonds is 5. The summed E-state index contributed by atoms with van der Waals surface area (Å²) in [4.78, 5) is 38.2. The van der Waals surface area contributed by atoms with Gasteiger partial charge in [-0.15, -0.1) is 0 Å². The van der Waals surface area contributed by atoms with E-state index in [2.05, 4.69) is 10.3 Å². The molecule has 0 unspecified atom stereocenters. The van der Waals surface area contributed by atoms with Crippen molar-refractivity contribution in [2.24, 2.45) is 0 Å². The Balaban J connectivity index is 1.70. The van der Waals surface area contributed by atoms with Crippen molar-refractivity contribution in [3.8, 4) is 0 Å². The van der Waals surface area contributed by atoms with Crippen molar-refractivity contribution in [2.45, 2.75) is 13.0 Å². The van der Waals surface area contributed by atoms with Gasteiger partial charge in [0, 0.05) is 11.6 Å². The number of nitrogens with zero attached hydrogens (tertiary/aromatic N) is 1. The van der Waals surface area contributed by atoms with E-state index in [1.165, 1.54) is 4.57 Å². The monoisotopic (exact) mass is 357 g/mol. The highest BCUT2D eigenvalue weighted by atomic mass is 35.5. The molecule has 0 fully saturated rings. The minimum absolute atomic E-state index is 0.161. The third-order valence-electron chi connectivity index (χ3n) is 3.83. The lowest BCUT2D eigenvalue weighted by Gasteiger charge is -2.10. The van der Waals surface area contributed by atoms with Gasteiger partial charge in [-0.1, -0.05) is 35.9 Å². The summed E-state index contributed by atoms with van der Waals surface area (Å²) in [5.41, 5.74) is 0.382. The van der Waals surface area contributed by atoms with Crippen LogP contribution in [-0.2, 0) is 17.8 Å². The molecular weight excluding hydrogens is 342 g/mol. The SMILES string of the molecule is O=C(Cn1c(=O)[nH]c(=O)c2ccccc21)NCCc1cccc(Cl)c1. The predicted molar refractivity (Wildman–Crippen MR) is 97.0 cm³/mol. The van der Waals surface area contributed by atoms with Crippen LogP contribution in [0.5, 0.6) is 0 Å². The molecule has 0 aliphatic rings. The fourth-order valence-corrected chi connectivity index (χ4v) is 2.85. The second kappa shape index (κ2) is 7.36.